The maximum absolute atomic E-state index is 13.0. The van der Waals surface area contributed by atoms with Crippen molar-refractivity contribution >= 4 is 39.5 Å². The van der Waals surface area contributed by atoms with Crippen LogP contribution in [-0.4, -0.2) is 96.7 Å². The summed E-state index contributed by atoms with van der Waals surface area (Å²) < 4.78 is 67.8. The van der Waals surface area contributed by atoms with Crippen LogP contribution in [0.5, 0.6) is 0 Å². The number of unbranched alkanes of at least 4 members (excludes halogenated alkanes) is 39. The lowest BCUT2D eigenvalue weighted by Gasteiger charge is -2.21. The highest BCUT2D eigenvalue weighted by molar-refractivity contribution is 7.47. The molecule has 0 aliphatic heterocycles. The first-order valence-electron chi connectivity index (χ1n) is 33.8. The predicted molar refractivity (Wildman–Crippen MR) is 331 cm³/mol. The molecule has 5 atom stereocenters. The number of phosphoric acid groups is 2. The summed E-state index contributed by atoms with van der Waals surface area (Å²) in [6.45, 7) is 4.81. The zero-order valence-corrected chi connectivity index (χ0v) is 54.9. The topological polar surface area (TPSA) is 237 Å². The predicted octanol–water partition coefficient (Wildman–Crippen LogP) is 17.9. The number of hydrogen-bond donors (Lipinski definition) is 3. The van der Waals surface area contributed by atoms with E-state index in [1.807, 2.05) is 0 Å². The molecule has 83 heavy (non-hydrogen) atoms. The molecule has 19 heteroatoms. The molecule has 0 bridgehead atoms. The van der Waals surface area contributed by atoms with E-state index in [1.54, 1.807) is 0 Å². The van der Waals surface area contributed by atoms with Gasteiger partial charge in [0, 0.05) is 25.7 Å². The molecule has 0 spiro atoms. The number of carbonyl (C=O) groups is 4. The first-order chi connectivity index (χ1) is 40.2. The molecular formula is C64H124O17P2. The van der Waals surface area contributed by atoms with Crippen molar-refractivity contribution in [2.24, 2.45) is 0 Å². The van der Waals surface area contributed by atoms with E-state index in [4.69, 9.17) is 37.0 Å². The third kappa shape index (κ3) is 58.8. The highest BCUT2D eigenvalue weighted by atomic mass is 31.2. The highest BCUT2D eigenvalue weighted by Crippen LogP contribution is 2.45. The number of aliphatic hydroxyl groups is 1. The van der Waals surface area contributed by atoms with Crippen LogP contribution in [0.3, 0.4) is 0 Å². The fourth-order valence-corrected chi connectivity index (χ4v) is 11.2. The van der Waals surface area contributed by atoms with E-state index < -0.39 is 97.5 Å². The van der Waals surface area contributed by atoms with Crippen LogP contribution in [0.4, 0.5) is 0 Å². The average molecular weight is 1230 g/mol. The van der Waals surface area contributed by atoms with Gasteiger partial charge in [-0.15, -0.1) is 0 Å². The molecular weight excluding hydrogens is 1100 g/mol. The second-order valence-electron chi connectivity index (χ2n) is 23.2. The van der Waals surface area contributed by atoms with Gasteiger partial charge in [-0.25, -0.2) is 9.13 Å². The van der Waals surface area contributed by atoms with Crippen LogP contribution in [-0.2, 0) is 65.4 Å². The van der Waals surface area contributed by atoms with Crippen molar-refractivity contribution in [1.82, 2.24) is 0 Å². The Balaban J connectivity index is 5.17. The Morgan fingerprint density at radius 3 is 0.711 bits per heavy atom. The van der Waals surface area contributed by atoms with Gasteiger partial charge in [-0.05, 0) is 25.7 Å². The Kier molecular flexibility index (Phi) is 57.7. The van der Waals surface area contributed by atoms with Crippen molar-refractivity contribution in [3.05, 3.63) is 0 Å². The number of phosphoric ester groups is 2. The van der Waals surface area contributed by atoms with Crippen LogP contribution >= 0.6 is 15.6 Å². The zero-order valence-electron chi connectivity index (χ0n) is 53.2. The van der Waals surface area contributed by atoms with Crippen LogP contribution in [0, 0.1) is 0 Å². The molecule has 3 N–H and O–H groups in total. The van der Waals surface area contributed by atoms with E-state index in [2.05, 4.69) is 27.7 Å². The van der Waals surface area contributed by atoms with E-state index in [0.717, 1.165) is 96.3 Å². The number of ether oxygens (including phenoxy) is 4. The number of esters is 4. The standard InChI is InChI=1S/C64H124O17P2/c1-5-9-13-17-20-23-26-28-29-31-33-36-39-43-47-51-64(69)81-60(55-75-62(67)49-45-41-37-35-32-30-27-24-21-18-14-10-6-2)57-79-83(72,73)77-53-58(65)52-76-82(70,71)78-56-59(54-74-61(66)48-44-40-16-12-8-4)80-63(68)50-46-42-38-34-25-22-19-15-11-7-3/h58-60,65H,5-57H2,1-4H3,(H,70,71)(H,72,73)/t58-,59+,60+/m0/s1. The summed E-state index contributed by atoms with van der Waals surface area (Å²) in [5, 5.41) is 10.5. The monoisotopic (exact) mass is 1230 g/mol. The van der Waals surface area contributed by atoms with Gasteiger partial charge in [0.1, 0.15) is 19.3 Å². The molecule has 0 aromatic carbocycles. The second-order valence-corrected chi connectivity index (χ2v) is 26.1. The molecule has 0 aliphatic carbocycles. The molecule has 492 valence electrons. The molecule has 0 radical (unpaired) electrons. The summed E-state index contributed by atoms with van der Waals surface area (Å²) in [4.78, 5) is 72.0. The fourth-order valence-electron chi connectivity index (χ4n) is 9.63. The number of rotatable bonds is 65. The second kappa shape index (κ2) is 59.0. The van der Waals surface area contributed by atoms with Crippen LogP contribution in [0.15, 0.2) is 0 Å². The van der Waals surface area contributed by atoms with Crippen molar-refractivity contribution < 1.29 is 80.2 Å². The lowest BCUT2D eigenvalue weighted by atomic mass is 10.0. The molecule has 17 nitrogen and oxygen atoms in total. The minimum atomic E-state index is -4.94. The SMILES string of the molecule is CCCCCCCCCCCCCCCCCC(=O)O[C@H](COC(=O)CCCCCCCCCCCCCCC)COP(=O)(O)OC[C@@H](O)COP(=O)(O)OC[C@@H](COC(=O)CCCCCCC)OC(=O)CCCCCCCCCCCC. The van der Waals surface area contributed by atoms with E-state index in [9.17, 15) is 43.2 Å². The fraction of sp³-hybridized carbons (Fsp3) is 0.938. The Morgan fingerprint density at radius 1 is 0.289 bits per heavy atom. The van der Waals surface area contributed by atoms with Crippen LogP contribution in [0.25, 0.3) is 0 Å². The summed E-state index contributed by atoms with van der Waals surface area (Å²) in [5.41, 5.74) is 0. The van der Waals surface area contributed by atoms with Crippen LogP contribution in [0.1, 0.15) is 329 Å². The molecule has 0 amide bonds. The number of carbonyl (C=O) groups excluding carboxylic acids is 4. The summed E-state index contributed by atoms with van der Waals surface area (Å²) in [6.07, 6.45) is 44.7. The summed E-state index contributed by atoms with van der Waals surface area (Å²) in [7, 11) is -9.87. The van der Waals surface area contributed by atoms with Crippen molar-refractivity contribution in [2.45, 2.75) is 348 Å². The smallest absolute Gasteiger partial charge is 0.462 e. The molecule has 0 saturated heterocycles. The summed E-state index contributed by atoms with van der Waals surface area (Å²) in [6, 6.07) is 0. The van der Waals surface area contributed by atoms with Gasteiger partial charge in [0.05, 0.1) is 26.4 Å². The summed E-state index contributed by atoms with van der Waals surface area (Å²) in [5.74, 6) is -2.14. The Morgan fingerprint density at radius 2 is 0.482 bits per heavy atom. The normalized spacial score (nSPS) is 14.2. The molecule has 0 aromatic heterocycles. The summed E-state index contributed by atoms with van der Waals surface area (Å²) >= 11 is 0. The Labute approximate surface area is 505 Å². The first kappa shape index (κ1) is 81.1. The van der Waals surface area contributed by atoms with Crippen LogP contribution < -0.4 is 0 Å². The minimum absolute atomic E-state index is 0.106. The van der Waals surface area contributed by atoms with E-state index in [0.29, 0.717) is 25.7 Å². The van der Waals surface area contributed by atoms with Gasteiger partial charge in [-0.2, -0.15) is 0 Å². The van der Waals surface area contributed by atoms with Gasteiger partial charge in [0.15, 0.2) is 12.2 Å². The van der Waals surface area contributed by atoms with Gasteiger partial charge in [0.2, 0.25) is 0 Å². The minimum Gasteiger partial charge on any atom is -0.462 e. The molecule has 2 unspecified atom stereocenters. The zero-order chi connectivity index (χ0) is 61.2. The maximum atomic E-state index is 13.0. The molecule has 0 fully saturated rings. The van der Waals surface area contributed by atoms with Crippen molar-refractivity contribution in [3.63, 3.8) is 0 Å². The third-order valence-electron chi connectivity index (χ3n) is 14.9. The average Bonchev–Trinajstić information content (AvgIpc) is 3.46. The maximum Gasteiger partial charge on any atom is 0.472 e. The molecule has 0 aliphatic rings. The van der Waals surface area contributed by atoms with Crippen molar-refractivity contribution in [1.29, 1.82) is 0 Å². The molecule has 0 aromatic rings. The van der Waals surface area contributed by atoms with Crippen molar-refractivity contribution in [3.8, 4) is 0 Å². The van der Waals surface area contributed by atoms with Gasteiger partial charge >= 0.3 is 39.5 Å². The Bertz CT molecular complexity index is 1600. The quantitative estimate of drug-likeness (QED) is 0.0222. The van der Waals surface area contributed by atoms with Gasteiger partial charge in [-0.3, -0.25) is 37.3 Å². The van der Waals surface area contributed by atoms with Crippen LogP contribution in [0.2, 0.25) is 0 Å². The third-order valence-corrected chi connectivity index (χ3v) is 16.8. The highest BCUT2D eigenvalue weighted by Gasteiger charge is 2.30. The van der Waals surface area contributed by atoms with Crippen molar-refractivity contribution in [2.75, 3.05) is 39.6 Å². The lowest BCUT2D eigenvalue weighted by molar-refractivity contribution is -0.161. The molecule has 0 saturated carbocycles. The molecule has 0 rings (SSSR count). The lowest BCUT2D eigenvalue weighted by Crippen LogP contribution is -2.30. The van der Waals surface area contributed by atoms with E-state index in [1.165, 1.54) is 154 Å². The number of hydrogen-bond acceptors (Lipinski definition) is 15. The van der Waals surface area contributed by atoms with E-state index in [-0.39, 0.29) is 25.7 Å². The Hall–Kier alpha value is -1.94. The first-order valence-corrected chi connectivity index (χ1v) is 36.8. The largest absolute Gasteiger partial charge is 0.472 e. The van der Waals surface area contributed by atoms with Gasteiger partial charge in [0.25, 0.3) is 0 Å². The van der Waals surface area contributed by atoms with E-state index >= 15 is 0 Å². The number of aliphatic hydroxyl groups excluding tert-OH is 1. The van der Waals surface area contributed by atoms with Gasteiger partial charge in [-0.1, -0.05) is 278 Å². The van der Waals surface area contributed by atoms with Gasteiger partial charge < -0.3 is 33.8 Å². The molecule has 0 heterocycles.